The van der Waals surface area contributed by atoms with Gasteiger partial charge >= 0.3 is 0 Å². The van der Waals surface area contributed by atoms with Gasteiger partial charge in [-0.2, -0.15) is 0 Å². The molecule has 0 saturated heterocycles. The smallest absolute Gasteiger partial charge is 0.118 e. The molecule has 0 spiro atoms. The molecule has 0 radical (unpaired) electrons. The minimum atomic E-state index is -0.650. The number of aliphatic hydroxyl groups is 1. The van der Waals surface area contributed by atoms with Crippen molar-refractivity contribution < 1.29 is 9.84 Å². The van der Waals surface area contributed by atoms with Crippen molar-refractivity contribution in [3.8, 4) is 5.75 Å². The summed E-state index contributed by atoms with van der Waals surface area (Å²) >= 11 is 0. The highest BCUT2D eigenvalue weighted by Gasteiger charge is 2.48. The molecule has 0 heterocycles. The molecule has 2 aliphatic rings. The molecule has 3 nitrogen and oxygen atoms in total. The Bertz CT molecular complexity index is 601. The Kier molecular flexibility index (Phi) is 6.42. The summed E-state index contributed by atoms with van der Waals surface area (Å²) in [6.07, 6.45) is 11.8. The van der Waals surface area contributed by atoms with Gasteiger partial charge in [0, 0.05) is 12.5 Å². The third-order valence-electron chi connectivity index (χ3n) is 6.41. The van der Waals surface area contributed by atoms with Crippen molar-refractivity contribution in [3.63, 3.8) is 0 Å². The van der Waals surface area contributed by atoms with E-state index in [2.05, 4.69) is 37.2 Å². The topological polar surface area (TPSA) is 32.7 Å². The summed E-state index contributed by atoms with van der Waals surface area (Å²) in [7, 11) is 5.95. The van der Waals surface area contributed by atoms with Crippen LogP contribution >= 0.6 is 0 Å². The average Bonchev–Trinajstić information content (AvgIpc) is 2.66. The van der Waals surface area contributed by atoms with Crippen LogP contribution in [0.1, 0.15) is 56.9 Å². The van der Waals surface area contributed by atoms with Gasteiger partial charge in [0.15, 0.2) is 0 Å². The first-order chi connectivity index (χ1) is 12.5. The molecule has 0 aromatic heterocycles. The van der Waals surface area contributed by atoms with Gasteiger partial charge in [-0.15, -0.1) is 0 Å². The SMILES string of the molecule is COc1ccc(C=C2CCCC(CN(C)C)C2(O)C2CCCCC2)cc1. The second-order valence-corrected chi connectivity index (χ2v) is 8.45. The summed E-state index contributed by atoms with van der Waals surface area (Å²) in [5.41, 5.74) is 1.77. The van der Waals surface area contributed by atoms with Gasteiger partial charge < -0.3 is 14.7 Å². The Morgan fingerprint density at radius 1 is 1.08 bits per heavy atom. The fourth-order valence-corrected chi connectivity index (χ4v) is 5.12. The Hall–Kier alpha value is -1.32. The third kappa shape index (κ3) is 4.15. The van der Waals surface area contributed by atoms with Crippen molar-refractivity contribution in [1.82, 2.24) is 4.90 Å². The molecule has 0 bridgehead atoms. The first kappa shape index (κ1) is 19.4. The Balaban J connectivity index is 1.94. The van der Waals surface area contributed by atoms with E-state index >= 15 is 0 Å². The zero-order chi connectivity index (χ0) is 18.6. The molecule has 0 aliphatic heterocycles. The second kappa shape index (κ2) is 8.58. The van der Waals surface area contributed by atoms with Crippen LogP contribution in [0.5, 0.6) is 5.75 Å². The van der Waals surface area contributed by atoms with E-state index in [9.17, 15) is 5.11 Å². The zero-order valence-electron chi connectivity index (χ0n) is 16.7. The minimum absolute atomic E-state index is 0.332. The molecule has 2 fully saturated rings. The molecular weight excluding hydrogens is 322 g/mol. The fourth-order valence-electron chi connectivity index (χ4n) is 5.12. The zero-order valence-corrected chi connectivity index (χ0v) is 16.7. The van der Waals surface area contributed by atoms with Crippen LogP contribution in [-0.2, 0) is 0 Å². The monoisotopic (exact) mass is 357 g/mol. The number of ether oxygens (including phenoxy) is 1. The maximum atomic E-state index is 12.1. The van der Waals surface area contributed by atoms with Gasteiger partial charge in [-0.1, -0.05) is 37.5 Å². The maximum Gasteiger partial charge on any atom is 0.118 e. The number of methoxy groups -OCH3 is 1. The number of nitrogens with zero attached hydrogens (tertiary/aromatic N) is 1. The van der Waals surface area contributed by atoms with Gasteiger partial charge in [0.1, 0.15) is 5.75 Å². The lowest BCUT2D eigenvalue weighted by atomic mass is 9.61. The Morgan fingerprint density at radius 2 is 1.77 bits per heavy atom. The lowest BCUT2D eigenvalue weighted by Crippen LogP contribution is -2.52. The van der Waals surface area contributed by atoms with Gasteiger partial charge in [-0.05, 0) is 75.4 Å². The summed E-state index contributed by atoms with van der Waals surface area (Å²) in [5.74, 6) is 1.62. The summed E-state index contributed by atoms with van der Waals surface area (Å²) in [5, 5.41) is 12.1. The molecule has 2 unspecified atom stereocenters. The van der Waals surface area contributed by atoms with Crippen LogP contribution < -0.4 is 4.74 Å². The number of rotatable bonds is 5. The van der Waals surface area contributed by atoms with E-state index in [-0.39, 0.29) is 0 Å². The van der Waals surface area contributed by atoms with Crippen molar-refractivity contribution in [1.29, 1.82) is 0 Å². The van der Waals surface area contributed by atoms with Crippen LogP contribution in [-0.4, -0.2) is 43.4 Å². The van der Waals surface area contributed by atoms with E-state index in [1.807, 2.05) is 12.1 Å². The molecule has 26 heavy (non-hydrogen) atoms. The van der Waals surface area contributed by atoms with E-state index in [1.54, 1.807) is 7.11 Å². The molecule has 2 atom stereocenters. The van der Waals surface area contributed by atoms with Crippen molar-refractivity contribution in [3.05, 3.63) is 35.4 Å². The maximum absolute atomic E-state index is 12.1. The van der Waals surface area contributed by atoms with Crippen molar-refractivity contribution in [2.75, 3.05) is 27.7 Å². The standard InChI is InChI=1S/C23H35NO2/c1-24(2)17-21-11-7-10-20(16-18-12-14-22(26-3)15-13-18)23(21,25)19-8-5-4-6-9-19/h12-16,19,21,25H,4-11,17H2,1-3H3. The summed E-state index contributed by atoms with van der Waals surface area (Å²) < 4.78 is 5.28. The Labute approximate surface area is 159 Å². The number of hydrogen-bond donors (Lipinski definition) is 1. The molecule has 2 aliphatic carbocycles. The first-order valence-electron chi connectivity index (χ1n) is 10.3. The molecule has 0 amide bonds. The van der Waals surface area contributed by atoms with Gasteiger partial charge in [0.2, 0.25) is 0 Å². The number of benzene rings is 1. The van der Waals surface area contributed by atoms with Gasteiger partial charge in [0.05, 0.1) is 12.7 Å². The van der Waals surface area contributed by atoms with Crippen LogP contribution in [0.25, 0.3) is 6.08 Å². The highest BCUT2D eigenvalue weighted by molar-refractivity contribution is 5.57. The van der Waals surface area contributed by atoms with Gasteiger partial charge in [0.25, 0.3) is 0 Å². The molecule has 144 valence electrons. The average molecular weight is 358 g/mol. The van der Waals surface area contributed by atoms with Crippen LogP contribution in [0.2, 0.25) is 0 Å². The highest BCUT2D eigenvalue weighted by atomic mass is 16.5. The highest BCUT2D eigenvalue weighted by Crippen LogP contribution is 2.48. The van der Waals surface area contributed by atoms with Gasteiger partial charge in [-0.25, -0.2) is 0 Å². The summed E-state index contributed by atoms with van der Waals surface area (Å²) in [4.78, 5) is 2.24. The molecule has 1 aromatic rings. The van der Waals surface area contributed by atoms with Crippen LogP contribution in [0.4, 0.5) is 0 Å². The molecule has 1 aromatic carbocycles. The van der Waals surface area contributed by atoms with Gasteiger partial charge in [-0.3, -0.25) is 0 Å². The Morgan fingerprint density at radius 3 is 2.38 bits per heavy atom. The quantitative estimate of drug-likeness (QED) is 0.825. The van der Waals surface area contributed by atoms with E-state index in [4.69, 9.17) is 4.74 Å². The predicted molar refractivity (Wildman–Crippen MR) is 108 cm³/mol. The van der Waals surface area contributed by atoms with Crippen molar-refractivity contribution in [2.45, 2.75) is 57.0 Å². The second-order valence-electron chi connectivity index (χ2n) is 8.45. The third-order valence-corrected chi connectivity index (χ3v) is 6.41. The lowest BCUT2D eigenvalue weighted by molar-refractivity contribution is -0.0706. The van der Waals surface area contributed by atoms with E-state index < -0.39 is 5.60 Å². The van der Waals surface area contributed by atoms with Crippen molar-refractivity contribution in [2.24, 2.45) is 11.8 Å². The first-order valence-corrected chi connectivity index (χ1v) is 10.3. The molecule has 2 saturated carbocycles. The number of hydrogen-bond acceptors (Lipinski definition) is 3. The van der Waals surface area contributed by atoms with E-state index in [0.29, 0.717) is 11.8 Å². The van der Waals surface area contributed by atoms with Crippen LogP contribution in [0.3, 0.4) is 0 Å². The van der Waals surface area contributed by atoms with E-state index in [1.165, 1.54) is 49.7 Å². The molecule has 3 heteroatoms. The van der Waals surface area contributed by atoms with Crippen molar-refractivity contribution >= 4 is 6.08 Å². The molecule has 1 N–H and O–H groups in total. The summed E-state index contributed by atoms with van der Waals surface area (Å²) in [6, 6.07) is 8.21. The van der Waals surface area contributed by atoms with Crippen LogP contribution in [0.15, 0.2) is 29.8 Å². The molecule has 3 rings (SSSR count). The minimum Gasteiger partial charge on any atom is -0.497 e. The fraction of sp³-hybridized carbons (Fsp3) is 0.652. The lowest BCUT2D eigenvalue weighted by Gasteiger charge is -2.49. The summed E-state index contributed by atoms with van der Waals surface area (Å²) in [6.45, 7) is 0.965. The normalized spacial score (nSPS) is 29.3. The largest absolute Gasteiger partial charge is 0.497 e. The van der Waals surface area contributed by atoms with E-state index in [0.717, 1.165) is 25.1 Å². The molecular formula is C23H35NO2. The predicted octanol–water partition coefficient (Wildman–Crippen LogP) is 4.75. The van der Waals surface area contributed by atoms with Crippen LogP contribution in [0, 0.1) is 11.8 Å².